The van der Waals surface area contributed by atoms with Gasteiger partial charge in [0.2, 0.25) is 5.91 Å². The van der Waals surface area contributed by atoms with Crippen LogP contribution in [0.2, 0.25) is 0 Å². The highest BCUT2D eigenvalue weighted by Gasteiger charge is 2.04. The number of nitrogen functional groups attached to an aromatic ring is 1. The van der Waals surface area contributed by atoms with Crippen molar-refractivity contribution in [1.82, 2.24) is 5.32 Å². The molecule has 0 aromatic heterocycles. The number of rotatable bonds is 7. The number of nitrogens with one attached hydrogen (secondary N) is 2. The van der Waals surface area contributed by atoms with Gasteiger partial charge in [0.25, 0.3) is 0 Å². The normalized spacial score (nSPS) is 10.3. The molecule has 1 aromatic carbocycles. The van der Waals surface area contributed by atoms with Gasteiger partial charge >= 0.3 is 0 Å². The van der Waals surface area contributed by atoms with Gasteiger partial charge in [0.05, 0.1) is 18.5 Å². The Morgan fingerprint density at radius 3 is 2.74 bits per heavy atom. The highest BCUT2D eigenvalue weighted by Crippen LogP contribution is 2.23. The monoisotopic (exact) mass is 265 g/mol. The second-order valence-electron chi connectivity index (χ2n) is 4.83. The summed E-state index contributed by atoms with van der Waals surface area (Å²) in [7, 11) is 1.60. The topological polar surface area (TPSA) is 76.4 Å². The fraction of sp³-hybridized carbons (Fsp3) is 0.500. The van der Waals surface area contributed by atoms with Crippen LogP contribution in [0, 0.1) is 5.92 Å². The van der Waals surface area contributed by atoms with E-state index in [4.69, 9.17) is 10.5 Å². The molecule has 0 heterocycles. The zero-order valence-corrected chi connectivity index (χ0v) is 11.8. The number of ether oxygens (including phenoxy) is 1. The van der Waals surface area contributed by atoms with Crippen molar-refractivity contribution in [2.75, 3.05) is 31.2 Å². The first-order valence-electron chi connectivity index (χ1n) is 6.47. The first kappa shape index (κ1) is 15.1. The number of hydrogen-bond donors (Lipinski definition) is 3. The summed E-state index contributed by atoms with van der Waals surface area (Å²) in [5.41, 5.74) is 7.30. The molecule has 0 radical (unpaired) electrons. The van der Waals surface area contributed by atoms with Crippen molar-refractivity contribution in [2.24, 2.45) is 5.92 Å². The molecule has 0 atom stereocenters. The third-order valence-electron chi connectivity index (χ3n) is 2.63. The molecule has 0 unspecified atom stereocenters. The number of methoxy groups -OCH3 is 1. The van der Waals surface area contributed by atoms with Crippen LogP contribution in [-0.2, 0) is 4.79 Å². The molecule has 0 aliphatic rings. The molecule has 106 valence electrons. The molecular weight excluding hydrogens is 242 g/mol. The molecule has 1 amide bonds. The third-order valence-corrected chi connectivity index (χ3v) is 2.63. The van der Waals surface area contributed by atoms with Crippen molar-refractivity contribution in [3.8, 4) is 5.75 Å². The Hall–Kier alpha value is -1.91. The van der Waals surface area contributed by atoms with Gasteiger partial charge < -0.3 is 21.1 Å². The molecule has 5 nitrogen and oxygen atoms in total. The van der Waals surface area contributed by atoms with Crippen LogP contribution in [0.25, 0.3) is 0 Å². The van der Waals surface area contributed by atoms with Gasteiger partial charge in [-0.3, -0.25) is 4.79 Å². The number of hydrogen-bond acceptors (Lipinski definition) is 4. The minimum atomic E-state index is 0.0493. The molecule has 1 rings (SSSR count). The van der Waals surface area contributed by atoms with Crippen LogP contribution in [0.3, 0.4) is 0 Å². The van der Waals surface area contributed by atoms with Gasteiger partial charge in [-0.1, -0.05) is 13.8 Å². The SMILES string of the molecule is COc1ccc(NCCC(=O)NCC(C)C)c(N)c1. The van der Waals surface area contributed by atoms with Crippen molar-refractivity contribution in [2.45, 2.75) is 20.3 Å². The van der Waals surface area contributed by atoms with E-state index in [0.717, 1.165) is 11.4 Å². The fourth-order valence-corrected chi connectivity index (χ4v) is 1.55. The summed E-state index contributed by atoms with van der Waals surface area (Å²) >= 11 is 0. The Bertz CT molecular complexity index is 419. The second kappa shape index (κ2) is 7.51. The maximum Gasteiger partial charge on any atom is 0.221 e. The first-order chi connectivity index (χ1) is 9.02. The Morgan fingerprint density at radius 1 is 1.42 bits per heavy atom. The van der Waals surface area contributed by atoms with Crippen LogP contribution < -0.4 is 21.1 Å². The van der Waals surface area contributed by atoms with Gasteiger partial charge in [-0.05, 0) is 18.1 Å². The van der Waals surface area contributed by atoms with Crippen molar-refractivity contribution in [3.63, 3.8) is 0 Å². The van der Waals surface area contributed by atoms with Crippen LogP contribution in [0.5, 0.6) is 5.75 Å². The van der Waals surface area contributed by atoms with Gasteiger partial charge in [-0.2, -0.15) is 0 Å². The highest BCUT2D eigenvalue weighted by molar-refractivity contribution is 5.77. The molecule has 0 bridgehead atoms. The van der Waals surface area contributed by atoms with Crippen LogP contribution in [0.15, 0.2) is 18.2 Å². The highest BCUT2D eigenvalue weighted by atomic mass is 16.5. The van der Waals surface area contributed by atoms with Crippen LogP contribution in [0.4, 0.5) is 11.4 Å². The lowest BCUT2D eigenvalue weighted by molar-refractivity contribution is -0.120. The molecule has 0 spiro atoms. The predicted octanol–water partition coefficient (Wildman–Crippen LogP) is 1.85. The van der Waals surface area contributed by atoms with E-state index in [1.54, 1.807) is 13.2 Å². The lowest BCUT2D eigenvalue weighted by Gasteiger charge is -2.11. The average molecular weight is 265 g/mol. The lowest BCUT2D eigenvalue weighted by atomic mass is 10.2. The van der Waals surface area contributed by atoms with E-state index in [-0.39, 0.29) is 5.91 Å². The van der Waals surface area contributed by atoms with Gasteiger partial charge in [0.1, 0.15) is 5.75 Å². The van der Waals surface area contributed by atoms with Gasteiger partial charge in [-0.15, -0.1) is 0 Å². The van der Waals surface area contributed by atoms with Crippen molar-refractivity contribution in [3.05, 3.63) is 18.2 Å². The minimum Gasteiger partial charge on any atom is -0.497 e. The summed E-state index contributed by atoms with van der Waals surface area (Å²) < 4.78 is 5.08. The summed E-state index contributed by atoms with van der Waals surface area (Å²) in [6.45, 7) is 5.40. The summed E-state index contributed by atoms with van der Waals surface area (Å²) in [6, 6.07) is 5.43. The van der Waals surface area contributed by atoms with Crippen molar-refractivity contribution >= 4 is 17.3 Å². The summed E-state index contributed by atoms with van der Waals surface area (Å²) in [4.78, 5) is 11.5. The summed E-state index contributed by atoms with van der Waals surface area (Å²) in [6.07, 6.45) is 0.429. The number of carbonyl (C=O) groups is 1. The van der Waals surface area contributed by atoms with Crippen LogP contribution >= 0.6 is 0 Å². The van der Waals surface area contributed by atoms with Gasteiger partial charge in [-0.25, -0.2) is 0 Å². The van der Waals surface area contributed by atoms with E-state index in [1.165, 1.54) is 0 Å². The Labute approximate surface area is 114 Å². The van der Waals surface area contributed by atoms with E-state index in [2.05, 4.69) is 24.5 Å². The molecule has 0 saturated carbocycles. The molecule has 1 aromatic rings. The zero-order valence-electron chi connectivity index (χ0n) is 11.8. The van der Waals surface area contributed by atoms with Crippen LogP contribution in [0.1, 0.15) is 20.3 Å². The van der Waals surface area contributed by atoms with Crippen LogP contribution in [-0.4, -0.2) is 26.1 Å². The number of anilines is 2. The molecule has 0 aliphatic carbocycles. The zero-order chi connectivity index (χ0) is 14.3. The van der Waals surface area contributed by atoms with Gasteiger partial charge in [0.15, 0.2) is 0 Å². The molecule has 5 heteroatoms. The molecule has 4 N–H and O–H groups in total. The number of carbonyl (C=O) groups excluding carboxylic acids is 1. The molecule has 0 saturated heterocycles. The largest absolute Gasteiger partial charge is 0.497 e. The van der Waals surface area contributed by atoms with E-state index in [1.807, 2.05) is 12.1 Å². The number of nitrogens with two attached hydrogens (primary N) is 1. The second-order valence-corrected chi connectivity index (χ2v) is 4.83. The fourth-order valence-electron chi connectivity index (χ4n) is 1.55. The summed E-state index contributed by atoms with van der Waals surface area (Å²) in [5, 5.41) is 6.01. The minimum absolute atomic E-state index is 0.0493. The van der Waals surface area contributed by atoms with Gasteiger partial charge in [0, 0.05) is 25.6 Å². The summed E-state index contributed by atoms with van der Waals surface area (Å²) in [5.74, 6) is 1.24. The first-order valence-corrected chi connectivity index (χ1v) is 6.47. The predicted molar refractivity (Wildman–Crippen MR) is 78.4 cm³/mol. The molecule has 0 fully saturated rings. The van der Waals surface area contributed by atoms with Crippen molar-refractivity contribution in [1.29, 1.82) is 0 Å². The molecular formula is C14H23N3O2. The maximum absolute atomic E-state index is 11.5. The van der Waals surface area contributed by atoms with E-state index in [9.17, 15) is 4.79 Å². The standard InChI is InChI=1S/C14H23N3O2/c1-10(2)9-17-14(18)6-7-16-13-5-4-11(19-3)8-12(13)15/h4-5,8,10,16H,6-7,9,15H2,1-3H3,(H,17,18). The molecule has 19 heavy (non-hydrogen) atoms. The Balaban J connectivity index is 2.35. The Kier molecular flexibility index (Phi) is 5.99. The number of amides is 1. The third kappa shape index (κ3) is 5.50. The van der Waals surface area contributed by atoms with E-state index >= 15 is 0 Å². The quantitative estimate of drug-likeness (QED) is 0.658. The van der Waals surface area contributed by atoms with E-state index < -0.39 is 0 Å². The maximum atomic E-state index is 11.5. The smallest absolute Gasteiger partial charge is 0.221 e. The average Bonchev–Trinajstić information content (AvgIpc) is 2.38. The van der Waals surface area contributed by atoms with E-state index in [0.29, 0.717) is 31.1 Å². The lowest BCUT2D eigenvalue weighted by Crippen LogP contribution is -2.28. The molecule has 0 aliphatic heterocycles. The van der Waals surface area contributed by atoms with Crippen molar-refractivity contribution < 1.29 is 9.53 Å². The number of benzene rings is 1. The Morgan fingerprint density at radius 2 is 2.16 bits per heavy atom.